The molecule has 0 aromatic heterocycles. The number of likely N-dealkylation sites (N-methyl/N-ethyl adjacent to an activating group) is 1. The van der Waals surface area contributed by atoms with Crippen molar-refractivity contribution in [2.75, 3.05) is 33.7 Å². The summed E-state index contributed by atoms with van der Waals surface area (Å²) in [5.74, 6) is -0.760. The number of halogens is 2. The van der Waals surface area contributed by atoms with Gasteiger partial charge in [-0.25, -0.2) is 8.78 Å². The standard InChI is InChI=1S/C13H18F2N4/c1-18(2)6-7-19-11(8-17-13(19)16)12-9(14)4-3-5-10(12)15/h3-5,11H,6-8H2,1-2H3,(H2,16,17). The Balaban J connectivity index is 2.24. The largest absolute Gasteiger partial charge is 0.370 e. The van der Waals surface area contributed by atoms with Gasteiger partial charge in [0.1, 0.15) is 11.6 Å². The lowest BCUT2D eigenvalue weighted by molar-refractivity contribution is 0.284. The molecule has 1 atom stereocenters. The van der Waals surface area contributed by atoms with Crippen molar-refractivity contribution in [3.63, 3.8) is 0 Å². The average Bonchev–Trinajstić information content (AvgIpc) is 2.68. The Morgan fingerprint density at radius 3 is 2.58 bits per heavy atom. The molecule has 0 fully saturated rings. The zero-order valence-corrected chi connectivity index (χ0v) is 11.1. The van der Waals surface area contributed by atoms with Gasteiger partial charge in [0.2, 0.25) is 0 Å². The van der Waals surface area contributed by atoms with E-state index in [1.54, 1.807) is 4.90 Å². The van der Waals surface area contributed by atoms with Crippen molar-refractivity contribution in [3.05, 3.63) is 35.4 Å². The van der Waals surface area contributed by atoms with Crippen LogP contribution in [0.25, 0.3) is 0 Å². The summed E-state index contributed by atoms with van der Waals surface area (Å²) >= 11 is 0. The highest BCUT2D eigenvalue weighted by molar-refractivity contribution is 5.80. The van der Waals surface area contributed by atoms with Gasteiger partial charge >= 0.3 is 0 Å². The zero-order valence-electron chi connectivity index (χ0n) is 11.1. The topological polar surface area (TPSA) is 44.9 Å². The molecule has 104 valence electrons. The first kappa shape index (κ1) is 13.7. The van der Waals surface area contributed by atoms with Gasteiger partial charge in [-0.15, -0.1) is 0 Å². The Morgan fingerprint density at radius 2 is 2.00 bits per heavy atom. The average molecular weight is 268 g/mol. The molecule has 1 heterocycles. The van der Waals surface area contributed by atoms with Gasteiger partial charge in [-0.05, 0) is 26.2 Å². The molecule has 2 rings (SSSR count). The Bertz CT molecular complexity index is 467. The lowest BCUT2D eigenvalue weighted by Gasteiger charge is -2.28. The lowest BCUT2D eigenvalue weighted by Crippen LogP contribution is -2.40. The molecule has 1 aromatic carbocycles. The quantitative estimate of drug-likeness (QED) is 0.892. The number of hydrogen-bond donors (Lipinski definition) is 1. The van der Waals surface area contributed by atoms with Crippen molar-refractivity contribution in [1.29, 1.82) is 0 Å². The molecule has 0 saturated heterocycles. The number of hydrogen-bond acceptors (Lipinski definition) is 4. The number of guanidine groups is 1. The van der Waals surface area contributed by atoms with Crippen molar-refractivity contribution in [3.8, 4) is 0 Å². The molecule has 0 amide bonds. The third kappa shape index (κ3) is 2.84. The highest BCUT2D eigenvalue weighted by Crippen LogP contribution is 2.29. The molecule has 0 spiro atoms. The van der Waals surface area contributed by atoms with E-state index in [9.17, 15) is 8.78 Å². The molecule has 0 aliphatic carbocycles. The maximum Gasteiger partial charge on any atom is 0.191 e. The summed E-state index contributed by atoms with van der Waals surface area (Å²) in [6.45, 7) is 1.61. The first-order valence-corrected chi connectivity index (χ1v) is 6.16. The monoisotopic (exact) mass is 268 g/mol. The minimum Gasteiger partial charge on any atom is -0.370 e. The van der Waals surface area contributed by atoms with E-state index >= 15 is 0 Å². The van der Waals surface area contributed by atoms with Crippen LogP contribution in [0.2, 0.25) is 0 Å². The second-order valence-electron chi connectivity index (χ2n) is 4.85. The fraction of sp³-hybridized carbons (Fsp3) is 0.462. The van der Waals surface area contributed by atoms with Crippen LogP contribution in [0.1, 0.15) is 11.6 Å². The van der Waals surface area contributed by atoms with Gasteiger partial charge in [-0.3, -0.25) is 4.99 Å². The Kier molecular flexibility index (Phi) is 3.99. The molecule has 6 heteroatoms. The Labute approximate surface area is 111 Å². The molecule has 0 saturated carbocycles. The first-order valence-electron chi connectivity index (χ1n) is 6.16. The summed E-state index contributed by atoms with van der Waals surface area (Å²) in [7, 11) is 3.87. The molecule has 1 aromatic rings. The predicted octanol–water partition coefficient (Wildman–Crippen LogP) is 1.20. The van der Waals surface area contributed by atoms with Gasteiger partial charge < -0.3 is 15.5 Å². The van der Waals surface area contributed by atoms with Crippen LogP contribution in [0.4, 0.5) is 8.78 Å². The van der Waals surface area contributed by atoms with Gasteiger partial charge in [0.05, 0.1) is 12.6 Å². The highest BCUT2D eigenvalue weighted by atomic mass is 19.1. The molecule has 1 aliphatic rings. The van der Waals surface area contributed by atoms with Crippen LogP contribution in [0.3, 0.4) is 0 Å². The second-order valence-corrected chi connectivity index (χ2v) is 4.85. The van der Waals surface area contributed by atoms with E-state index in [0.717, 1.165) is 6.54 Å². The van der Waals surface area contributed by atoms with Crippen LogP contribution in [-0.4, -0.2) is 49.5 Å². The van der Waals surface area contributed by atoms with Crippen LogP contribution in [0, 0.1) is 11.6 Å². The fourth-order valence-corrected chi connectivity index (χ4v) is 2.18. The molecule has 4 nitrogen and oxygen atoms in total. The van der Waals surface area contributed by atoms with Gasteiger partial charge in [-0.2, -0.15) is 0 Å². The molecule has 0 radical (unpaired) electrons. The number of rotatable bonds is 4. The summed E-state index contributed by atoms with van der Waals surface area (Å²) in [6.07, 6.45) is 0. The van der Waals surface area contributed by atoms with E-state index in [4.69, 9.17) is 5.73 Å². The maximum absolute atomic E-state index is 13.8. The Hall–Kier alpha value is -1.69. The van der Waals surface area contributed by atoms with Crippen LogP contribution < -0.4 is 5.73 Å². The molecular weight excluding hydrogens is 250 g/mol. The van der Waals surface area contributed by atoms with Crippen LogP contribution >= 0.6 is 0 Å². The van der Waals surface area contributed by atoms with Crippen molar-refractivity contribution in [2.24, 2.45) is 10.7 Å². The van der Waals surface area contributed by atoms with Gasteiger partial charge in [0.25, 0.3) is 0 Å². The highest BCUT2D eigenvalue weighted by Gasteiger charge is 2.31. The van der Waals surface area contributed by atoms with Crippen LogP contribution in [-0.2, 0) is 0 Å². The van der Waals surface area contributed by atoms with Gasteiger partial charge in [-0.1, -0.05) is 6.07 Å². The fourth-order valence-electron chi connectivity index (χ4n) is 2.18. The van der Waals surface area contributed by atoms with E-state index in [0.29, 0.717) is 12.5 Å². The number of nitrogens with zero attached hydrogens (tertiary/aromatic N) is 3. The lowest BCUT2D eigenvalue weighted by atomic mass is 10.0. The number of aliphatic imine (C=N–C) groups is 1. The van der Waals surface area contributed by atoms with E-state index in [1.165, 1.54) is 18.2 Å². The molecule has 1 aliphatic heterocycles. The van der Waals surface area contributed by atoms with Crippen LogP contribution in [0.5, 0.6) is 0 Å². The molecule has 0 bridgehead atoms. The third-order valence-corrected chi connectivity index (χ3v) is 3.22. The number of nitrogens with two attached hydrogens (primary N) is 1. The minimum absolute atomic E-state index is 0.0467. The summed E-state index contributed by atoms with van der Waals surface area (Å²) in [5, 5.41) is 0. The maximum atomic E-state index is 13.8. The van der Waals surface area contributed by atoms with E-state index in [-0.39, 0.29) is 12.1 Å². The molecule has 19 heavy (non-hydrogen) atoms. The minimum atomic E-state index is -0.551. The SMILES string of the molecule is CN(C)CCN1C(N)=NCC1c1c(F)cccc1F. The summed E-state index contributed by atoms with van der Waals surface area (Å²) in [4.78, 5) is 7.84. The zero-order chi connectivity index (χ0) is 14.0. The van der Waals surface area contributed by atoms with Gasteiger partial charge in [0, 0.05) is 18.7 Å². The Morgan fingerprint density at radius 1 is 1.37 bits per heavy atom. The summed E-state index contributed by atoms with van der Waals surface area (Å²) in [6, 6.07) is 3.42. The van der Waals surface area contributed by atoms with Gasteiger partial charge in [0.15, 0.2) is 5.96 Å². The normalized spacial score (nSPS) is 19.1. The first-order chi connectivity index (χ1) is 9.00. The van der Waals surface area contributed by atoms with Crippen molar-refractivity contribution < 1.29 is 8.78 Å². The number of benzene rings is 1. The second kappa shape index (κ2) is 5.52. The summed E-state index contributed by atoms with van der Waals surface area (Å²) < 4.78 is 27.7. The third-order valence-electron chi connectivity index (χ3n) is 3.22. The molecule has 1 unspecified atom stereocenters. The van der Waals surface area contributed by atoms with Crippen molar-refractivity contribution in [1.82, 2.24) is 9.80 Å². The van der Waals surface area contributed by atoms with E-state index in [2.05, 4.69) is 4.99 Å². The predicted molar refractivity (Wildman–Crippen MR) is 70.8 cm³/mol. The van der Waals surface area contributed by atoms with E-state index in [1.807, 2.05) is 19.0 Å². The molecule has 2 N–H and O–H groups in total. The molecular formula is C13H18F2N4. The van der Waals surface area contributed by atoms with Crippen LogP contribution in [0.15, 0.2) is 23.2 Å². The van der Waals surface area contributed by atoms with Crippen molar-refractivity contribution in [2.45, 2.75) is 6.04 Å². The van der Waals surface area contributed by atoms with Crippen molar-refractivity contribution >= 4 is 5.96 Å². The summed E-state index contributed by atoms with van der Waals surface area (Å²) in [5.41, 5.74) is 5.85. The smallest absolute Gasteiger partial charge is 0.191 e. The van der Waals surface area contributed by atoms with E-state index < -0.39 is 17.7 Å².